The van der Waals surface area contributed by atoms with Gasteiger partial charge in [0, 0.05) is 20.6 Å². The Balaban J connectivity index is 0.00000480. The molecule has 0 amide bonds. The first-order valence-corrected chi connectivity index (χ1v) is 10.7. The number of aliphatic imine (C=N–C) groups is 1. The van der Waals surface area contributed by atoms with Crippen molar-refractivity contribution in [3.63, 3.8) is 0 Å². The second kappa shape index (κ2) is 12.8. The molecule has 2 rings (SSSR count). The second-order valence-corrected chi connectivity index (χ2v) is 7.96. The van der Waals surface area contributed by atoms with Crippen molar-refractivity contribution in [2.75, 3.05) is 32.1 Å². The number of halogens is 2. The Bertz CT molecular complexity index is 904. The van der Waals surface area contributed by atoms with E-state index < -0.39 is 0 Å². The van der Waals surface area contributed by atoms with Crippen molar-refractivity contribution >= 4 is 52.9 Å². The lowest BCUT2D eigenvalue weighted by atomic mass is 10.2. The molecule has 0 saturated heterocycles. The number of aryl methyl sites for hydroxylation is 1. The summed E-state index contributed by atoms with van der Waals surface area (Å²) in [6.07, 6.45) is 0. The fourth-order valence-electron chi connectivity index (χ4n) is 2.76. The maximum atomic E-state index is 14.2. The molecule has 1 aromatic heterocycles. The maximum Gasteiger partial charge on any atom is 0.350 e. The molecule has 0 aliphatic heterocycles. The van der Waals surface area contributed by atoms with Gasteiger partial charge in [-0.2, -0.15) is 0 Å². The molecular weight excluding hydrogens is 532 g/mol. The summed E-state index contributed by atoms with van der Waals surface area (Å²) < 4.78 is 19.3. The maximum absolute atomic E-state index is 14.2. The van der Waals surface area contributed by atoms with Crippen molar-refractivity contribution in [3.05, 3.63) is 45.2 Å². The third-order valence-corrected chi connectivity index (χ3v) is 5.58. The van der Waals surface area contributed by atoms with Crippen LogP contribution >= 0.6 is 35.3 Å². The van der Waals surface area contributed by atoms with Crippen LogP contribution in [0.4, 0.5) is 10.1 Å². The van der Waals surface area contributed by atoms with Gasteiger partial charge in [0.05, 0.1) is 30.6 Å². The SMILES string of the molecule is CCNC(=NCc1ccc(N(C)C)c(F)c1)NC(C)c1nc(C)c(C(=O)OCC)s1.I. The van der Waals surface area contributed by atoms with E-state index in [1.165, 1.54) is 17.4 Å². The summed E-state index contributed by atoms with van der Waals surface area (Å²) in [6, 6.07) is 4.95. The number of nitrogens with zero attached hydrogens (tertiary/aromatic N) is 3. The van der Waals surface area contributed by atoms with Gasteiger partial charge < -0.3 is 20.3 Å². The number of benzene rings is 1. The van der Waals surface area contributed by atoms with Crippen LogP contribution in [0.1, 0.15) is 52.7 Å². The van der Waals surface area contributed by atoms with Gasteiger partial charge in [0.1, 0.15) is 15.7 Å². The Kier molecular flexibility index (Phi) is 11.2. The molecule has 0 saturated carbocycles. The molecule has 1 aromatic carbocycles. The highest BCUT2D eigenvalue weighted by molar-refractivity contribution is 14.0. The summed E-state index contributed by atoms with van der Waals surface area (Å²) in [6.45, 7) is 8.83. The molecule has 0 spiro atoms. The van der Waals surface area contributed by atoms with Crippen molar-refractivity contribution in [2.24, 2.45) is 4.99 Å². The minimum Gasteiger partial charge on any atom is -0.462 e. The molecule has 172 valence electrons. The van der Waals surface area contributed by atoms with Gasteiger partial charge in [0.25, 0.3) is 0 Å². The molecule has 1 heterocycles. The zero-order chi connectivity index (χ0) is 22.3. The molecule has 0 fully saturated rings. The van der Waals surface area contributed by atoms with Crippen molar-refractivity contribution in [1.82, 2.24) is 15.6 Å². The van der Waals surface area contributed by atoms with E-state index in [2.05, 4.69) is 20.6 Å². The quantitative estimate of drug-likeness (QED) is 0.216. The van der Waals surface area contributed by atoms with Gasteiger partial charge in [-0.15, -0.1) is 35.3 Å². The number of anilines is 1. The lowest BCUT2D eigenvalue weighted by Crippen LogP contribution is -2.38. The van der Waals surface area contributed by atoms with Gasteiger partial charge in [0.15, 0.2) is 5.96 Å². The first-order chi connectivity index (χ1) is 14.3. The molecule has 0 bridgehead atoms. The Hall–Kier alpha value is -1.95. The first kappa shape index (κ1) is 27.1. The minimum absolute atomic E-state index is 0. The van der Waals surface area contributed by atoms with Crippen LogP contribution in [0.15, 0.2) is 23.2 Å². The van der Waals surface area contributed by atoms with Crippen molar-refractivity contribution in [2.45, 2.75) is 40.3 Å². The van der Waals surface area contributed by atoms with Crippen LogP contribution in [-0.4, -0.2) is 44.2 Å². The van der Waals surface area contributed by atoms with Crippen LogP contribution in [0.25, 0.3) is 0 Å². The molecule has 0 aliphatic rings. The molecule has 0 aliphatic carbocycles. The third-order valence-electron chi connectivity index (χ3n) is 4.26. The highest BCUT2D eigenvalue weighted by Gasteiger charge is 2.20. The van der Waals surface area contributed by atoms with Crippen molar-refractivity contribution in [1.29, 1.82) is 0 Å². The number of esters is 1. The number of carbonyl (C=O) groups excluding carboxylic acids is 1. The van der Waals surface area contributed by atoms with E-state index in [4.69, 9.17) is 4.74 Å². The van der Waals surface area contributed by atoms with E-state index in [1.807, 2.05) is 19.9 Å². The Morgan fingerprint density at radius 2 is 2.06 bits per heavy atom. The number of thiazole rings is 1. The van der Waals surface area contributed by atoms with E-state index in [0.29, 0.717) is 41.9 Å². The normalized spacial score (nSPS) is 12.0. The zero-order valence-electron chi connectivity index (χ0n) is 18.8. The molecule has 31 heavy (non-hydrogen) atoms. The van der Waals surface area contributed by atoms with E-state index in [0.717, 1.165) is 10.6 Å². The smallest absolute Gasteiger partial charge is 0.350 e. The van der Waals surface area contributed by atoms with E-state index in [-0.39, 0.29) is 41.8 Å². The Morgan fingerprint density at radius 3 is 2.65 bits per heavy atom. The van der Waals surface area contributed by atoms with Gasteiger partial charge in [-0.05, 0) is 45.4 Å². The summed E-state index contributed by atoms with van der Waals surface area (Å²) in [5.41, 5.74) is 1.97. The van der Waals surface area contributed by atoms with E-state index >= 15 is 0 Å². The minimum atomic E-state index is -0.352. The predicted octanol–water partition coefficient (Wildman–Crippen LogP) is 4.27. The average molecular weight is 563 g/mol. The number of ether oxygens (including phenoxy) is 1. The largest absolute Gasteiger partial charge is 0.462 e. The van der Waals surface area contributed by atoms with E-state index in [9.17, 15) is 9.18 Å². The summed E-state index contributed by atoms with van der Waals surface area (Å²) in [5, 5.41) is 7.24. The fourth-order valence-corrected chi connectivity index (χ4v) is 3.72. The Morgan fingerprint density at radius 1 is 1.35 bits per heavy atom. The van der Waals surface area contributed by atoms with Crippen molar-refractivity contribution < 1.29 is 13.9 Å². The molecule has 10 heteroatoms. The lowest BCUT2D eigenvalue weighted by Gasteiger charge is -2.16. The number of nitrogens with one attached hydrogen (secondary N) is 2. The summed E-state index contributed by atoms with van der Waals surface area (Å²) in [7, 11) is 3.61. The number of hydrogen-bond acceptors (Lipinski definition) is 6. The molecule has 7 nitrogen and oxygen atoms in total. The molecule has 2 aromatic rings. The number of guanidine groups is 1. The van der Waals surface area contributed by atoms with Crippen molar-refractivity contribution in [3.8, 4) is 0 Å². The third kappa shape index (κ3) is 7.60. The van der Waals surface area contributed by atoms with Gasteiger partial charge in [0.2, 0.25) is 0 Å². The number of hydrogen-bond donors (Lipinski definition) is 2. The van der Waals surface area contributed by atoms with Gasteiger partial charge >= 0.3 is 5.97 Å². The molecule has 1 atom stereocenters. The van der Waals surface area contributed by atoms with Gasteiger partial charge in [-0.1, -0.05) is 6.07 Å². The molecule has 1 unspecified atom stereocenters. The molecule has 2 N–H and O–H groups in total. The van der Waals surface area contributed by atoms with Crippen LogP contribution in [0.5, 0.6) is 0 Å². The zero-order valence-corrected chi connectivity index (χ0v) is 21.9. The summed E-state index contributed by atoms with van der Waals surface area (Å²) in [5.74, 6) is -0.0360. The van der Waals surface area contributed by atoms with Crippen LogP contribution in [0.3, 0.4) is 0 Å². The summed E-state index contributed by atoms with van der Waals surface area (Å²) >= 11 is 1.31. The highest BCUT2D eigenvalue weighted by atomic mass is 127. The fraction of sp³-hybridized carbons (Fsp3) is 0.476. The lowest BCUT2D eigenvalue weighted by molar-refractivity contribution is 0.0531. The summed E-state index contributed by atoms with van der Waals surface area (Å²) in [4.78, 5) is 23.3. The average Bonchev–Trinajstić information content (AvgIpc) is 3.08. The first-order valence-electron chi connectivity index (χ1n) is 9.91. The van der Waals surface area contributed by atoms with Crippen LogP contribution in [0, 0.1) is 12.7 Å². The second-order valence-electron chi connectivity index (χ2n) is 6.93. The standard InChI is InChI=1S/C21H30FN5O2S.HI/c1-7-23-21(24-12-15-9-10-17(27(5)6)16(22)11-15)26-14(4)19-25-13(3)18(30-19)20(28)29-8-2;/h9-11,14H,7-8,12H2,1-6H3,(H2,23,24,26);1H. The monoisotopic (exact) mass is 563 g/mol. The number of carbonyl (C=O) groups is 1. The van der Waals surface area contributed by atoms with Crippen LogP contribution < -0.4 is 15.5 Å². The van der Waals surface area contributed by atoms with E-state index in [1.54, 1.807) is 38.9 Å². The van der Waals surface area contributed by atoms with Crippen LogP contribution in [-0.2, 0) is 11.3 Å². The Labute approximate surface area is 204 Å². The predicted molar refractivity (Wildman–Crippen MR) is 135 cm³/mol. The molecule has 0 radical (unpaired) electrons. The van der Waals surface area contributed by atoms with Gasteiger partial charge in [-0.25, -0.2) is 19.2 Å². The number of aromatic nitrogens is 1. The number of rotatable bonds is 8. The topological polar surface area (TPSA) is 78.9 Å². The molecular formula is C21H31FIN5O2S. The van der Waals surface area contributed by atoms with Gasteiger partial charge in [-0.3, -0.25) is 0 Å². The highest BCUT2D eigenvalue weighted by Crippen LogP contribution is 2.24. The van der Waals surface area contributed by atoms with Crippen LogP contribution in [0.2, 0.25) is 0 Å².